The van der Waals surface area contributed by atoms with Gasteiger partial charge in [0.25, 0.3) is 0 Å². The molecule has 6 fully saturated rings. The van der Waals surface area contributed by atoms with Crippen molar-refractivity contribution in [2.45, 2.75) is 120 Å². The largest absolute Gasteiger partial charge is 0.480 e. The second-order valence-corrected chi connectivity index (χ2v) is 13.7. The highest BCUT2D eigenvalue weighted by Crippen LogP contribution is 2.63. The summed E-state index contributed by atoms with van der Waals surface area (Å²) in [6.07, 6.45) is 2.16. The fraction of sp³-hybridized carbons (Fsp3) is 0.828. The van der Waals surface area contributed by atoms with Crippen molar-refractivity contribution in [3.05, 3.63) is 11.8 Å². The molecule has 9 nitrogen and oxygen atoms in total. The maximum atomic E-state index is 13.9. The SMILES string of the molecule is C[C@@H]1[C@@H]([C@@H]2C[C@@H](C)C(=O)O2)O[C@@]2(C)CC[C@@]34OC(=C[C@@H]12)C(=O)[C@@H]3CC[C@H]1C(C)(C)O[C@@H]2CC(=O)O[C@@]21[C@H]4O. The topological polar surface area (TPSA) is 118 Å². The van der Waals surface area contributed by atoms with Crippen LogP contribution in [0.4, 0.5) is 0 Å². The minimum atomic E-state index is -1.26. The lowest BCUT2D eigenvalue weighted by molar-refractivity contribution is -0.208. The summed E-state index contributed by atoms with van der Waals surface area (Å²) in [5.74, 6) is -1.49. The van der Waals surface area contributed by atoms with E-state index in [1.165, 1.54) is 0 Å². The van der Waals surface area contributed by atoms with Crippen LogP contribution in [0.1, 0.15) is 73.1 Å². The molecule has 1 aliphatic carbocycles. The summed E-state index contributed by atoms with van der Waals surface area (Å²) in [5, 5.41) is 12.3. The molecule has 2 bridgehead atoms. The summed E-state index contributed by atoms with van der Waals surface area (Å²) in [5.41, 5.74) is -3.75. The number of carbonyl (C=O) groups excluding carboxylic acids is 3. The number of esters is 2. The summed E-state index contributed by atoms with van der Waals surface area (Å²) in [6.45, 7) is 9.95. The van der Waals surface area contributed by atoms with E-state index >= 15 is 0 Å². The molecule has 2 spiro atoms. The fourth-order valence-corrected chi connectivity index (χ4v) is 9.36. The lowest BCUT2D eigenvalue weighted by Gasteiger charge is -2.46. The molecule has 38 heavy (non-hydrogen) atoms. The molecule has 1 N–H and O–H groups in total. The summed E-state index contributed by atoms with van der Waals surface area (Å²) < 4.78 is 31.4. The van der Waals surface area contributed by atoms with Crippen LogP contribution in [-0.2, 0) is 38.1 Å². The molecule has 0 aromatic rings. The van der Waals surface area contributed by atoms with Crippen LogP contribution in [0.25, 0.3) is 0 Å². The molecular weight excluding hydrogens is 492 g/mol. The Morgan fingerprint density at radius 1 is 1.00 bits per heavy atom. The zero-order valence-corrected chi connectivity index (χ0v) is 22.7. The third-order valence-electron chi connectivity index (χ3n) is 11.2. The van der Waals surface area contributed by atoms with Crippen molar-refractivity contribution in [1.29, 1.82) is 0 Å². The maximum absolute atomic E-state index is 13.9. The Bertz CT molecular complexity index is 1140. The van der Waals surface area contributed by atoms with Crippen molar-refractivity contribution in [2.75, 3.05) is 0 Å². The number of aliphatic hydroxyl groups excluding tert-OH is 1. The second kappa shape index (κ2) is 7.61. The van der Waals surface area contributed by atoms with Crippen LogP contribution in [0, 0.1) is 29.6 Å². The van der Waals surface area contributed by atoms with Gasteiger partial charge in [0.2, 0.25) is 5.78 Å². The molecule has 7 rings (SSSR count). The Morgan fingerprint density at radius 2 is 1.76 bits per heavy atom. The van der Waals surface area contributed by atoms with Gasteiger partial charge in [-0.15, -0.1) is 0 Å². The van der Waals surface area contributed by atoms with Gasteiger partial charge < -0.3 is 28.8 Å². The number of cyclic esters (lactones) is 1. The van der Waals surface area contributed by atoms with E-state index in [2.05, 4.69) is 13.8 Å². The lowest BCUT2D eigenvalue weighted by atomic mass is 9.67. The average Bonchev–Trinajstić information content (AvgIpc) is 3.52. The number of aliphatic hydroxyl groups is 1. The van der Waals surface area contributed by atoms with Crippen LogP contribution in [0.5, 0.6) is 0 Å². The summed E-state index contributed by atoms with van der Waals surface area (Å²) in [6, 6.07) is 0. The Kier molecular flexibility index (Phi) is 5.01. The summed E-state index contributed by atoms with van der Waals surface area (Å²) in [4.78, 5) is 38.7. The molecule has 6 heterocycles. The van der Waals surface area contributed by atoms with Crippen molar-refractivity contribution in [1.82, 2.24) is 0 Å². The number of Topliss-reactive ketones (excluding diaryl/α,β-unsaturated/α-hetero) is 1. The normalized spacial score (nSPS) is 54.4. The molecule has 0 radical (unpaired) electrons. The molecule has 208 valence electrons. The fourth-order valence-electron chi connectivity index (χ4n) is 9.36. The van der Waals surface area contributed by atoms with Gasteiger partial charge in [-0.05, 0) is 64.9 Å². The quantitative estimate of drug-likeness (QED) is 0.511. The first-order chi connectivity index (χ1) is 17.8. The van der Waals surface area contributed by atoms with E-state index in [-0.39, 0.29) is 59.8 Å². The first-order valence-corrected chi connectivity index (χ1v) is 14.2. The number of rotatable bonds is 1. The number of carbonyl (C=O) groups is 3. The van der Waals surface area contributed by atoms with Gasteiger partial charge in [-0.2, -0.15) is 0 Å². The molecule has 9 heteroatoms. The van der Waals surface area contributed by atoms with E-state index in [4.69, 9.17) is 23.7 Å². The van der Waals surface area contributed by atoms with Crippen LogP contribution >= 0.6 is 0 Å². The third-order valence-corrected chi connectivity index (χ3v) is 11.2. The number of hydrogen-bond donors (Lipinski definition) is 1. The van der Waals surface area contributed by atoms with Gasteiger partial charge in [0, 0.05) is 11.8 Å². The Morgan fingerprint density at radius 3 is 2.47 bits per heavy atom. The molecule has 5 saturated heterocycles. The van der Waals surface area contributed by atoms with Crippen LogP contribution in [0.15, 0.2) is 11.8 Å². The van der Waals surface area contributed by atoms with Gasteiger partial charge in [0.05, 0.1) is 35.6 Å². The van der Waals surface area contributed by atoms with E-state index in [1.54, 1.807) is 0 Å². The van der Waals surface area contributed by atoms with Crippen molar-refractivity contribution in [2.24, 2.45) is 29.6 Å². The van der Waals surface area contributed by atoms with E-state index in [9.17, 15) is 19.5 Å². The Balaban J connectivity index is 1.28. The molecule has 0 amide bonds. The Hall–Kier alpha value is -1.97. The van der Waals surface area contributed by atoms with Crippen LogP contribution in [-0.4, -0.2) is 69.6 Å². The van der Waals surface area contributed by atoms with Crippen molar-refractivity contribution < 1.29 is 43.2 Å². The maximum Gasteiger partial charge on any atom is 0.309 e. The zero-order chi connectivity index (χ0) is 27.0. The van der Waals surface area contributed by atoms with Gasteiger partial charge in [-0.1, -0.05) is 13.8 Å². The lowest BCUT2D eigenvalue weighted by Crippen LogP contribution is -2.63. The van der Waals surface area contributed by atoms with Crippen LogP contribution in [0.3, 0.4) is 0 Å². The van der Waals surface area contributed by atoms with Gasteiger partial charge in [0.1, 0.15) is 23.9 Å². The Labute approximate surface area is 222 Å². The number of allylic oxidation sites excluding steroid dienone is 1. The smallest absolute Gasteiger partial charge is 0.309 e. The minimum Gasteiger partial charge on any atom is -0.480 e. The van der Waals surface area contributed by atoms with Crippen LogP contribution in [0.2, 0.25) is 0 Å². The van der Waals surface area contributed by atoms with Crippen LogP contribution < -0.4 is 0 Å². The van der Waals surface area contributed by atoms with E-state index in [0.29, 0.717) is 32.1 Å². The first-order valence-electron chi connectivity index (χ1n) is 14.2. The molecule has 0 aromatic carbocycles. The number of ketones is 1. The van der Waals surface area contributed by atoms with Gasteiger partial charge in [-0.3, -0.25) is 14.4 Å². The predicted molar refractivity (Wildman–Crippen MR) is 130 cm³/mol. The molecular formula is C29H38O9. The highest BCUT2D eigenvalue weighted by molar-refractivity contribution is 5.98. The number of fused-ring (bicyclic) bond motifs is 2. The summed E-state index contributed by atoms with van der Waals surface area (Å²) >= 11 is 0. The van der Waals surface area contributed by atoms with E-state index in [1.807, 2.05) is 26.8 Å². The van der Waals surface area contributed by atoms with E-state index in [0.717, 1.165) is 0 Å². The van der Waals surface area contributed by atoms with Crippen molar-refractivity contribution in [3.8, 4) is 0 Å². The van der Waals surface area contributed by atoms with Crippen molar-refractivity contribution >= 4 is 17.7 Å². The average molecular weight is 531 g/mol. The zero-order valence-electron chi connectivity index (χ0n) is 22.7. The molecule has 12 atom stereocenters. The molecule has 0 unspecified atom stereocenters. The minimum absolute atomic E-state index is 0.00329. The number of ether oxygens (including phenoxy) is 5. The third kappa shape index (κ3) is 2.96. The molecule has 6 aliphatic heterocycles. The monoisotopic (exact) mass is 530 g/mol. The standard InChI is InChI=1S/C29H38O9/c1-13-10-18(34-24(13)32)23-14(2)16-11-17-22(31)15-6-7-19-26(3,4)36-20-12-21(30)37-29(19,20)25(33)28(15,35-17)9-8-27(16,5)38-23/h11,13-16,18-20,23,25,33H,6-10,12H2,1-5H3/t13-,14+,15+,16+,18+,19+,20-,23+,25+,27+,28-,29-/m1/s1. The van der Waals surface area contributed by atoms with E-state index < -0.39 is 46.5 Å². The predicted octanol–water partition coefficient (Wildman–Crippen LogP) is 2.61. The van der Waals surface area contributed by atoms with Gasteiger partial charge in [0.15, 0.2) is 11.4 Å². The second-order valence-electron chi connectivity index (χ2n) is 13.7. The van der Waals surface area contributed by atoms with Gasteiger partial charge >= 0.3 is 11.9 Å². The van der Waals surface area contributed by atoms with Gasteiger partial charge in [-0.25, -0.2) is 0 Å². The molecule has 0 aromatic heterocycles. The highest BCUT2D eigenvalue weighted by Gasteiger charge is 2.77. The van der Waals surface area contributed by atoms with Crippen molar-refractivity contribution in [3.63, 3.8) is 0 Å². The molecule has 1 saturated carbocycles. The highest BCUT2D eigenvalue weighted by atomic mass is 16.6. The first kappa shape index (κ1) is 25.0. The summed E-state index contributed by atoms with van der Waals surface area (Å²) in [7, 11) is 0. The molecule has 7 aliphatic rings. The number of hydrogen-bond acceptors (Lipinski definition) is 9.